The van der Waals surface area contributed by atoms with E-state index in [9.17, 15) is 0 Å². The minimum atomic E-state index is -0.180. The summed E-state index contributed by atoms with van der Waals surface area (Å²) in [5.41, 5.74) is 13.0. The van der Waals surface area contributed by atoms with Crippen LogP contribution in [0.3, 0.4) is 0 Å². The first kappa shape index (κ1) is 39.8. The quantitative estimate of drug-likeness (QED) is 0.131. The number of benzene rings is 2. The highest BCUT2D eigenvalue weighted by molar-refractivity contribution is 6.28. The fourth-order valence-electron chi connectivity index (χ4n) is 5.40. The predicted octanol–water partition coefficient (Wildman–Crippen LogP) is 9.83. The fraction of sp³-hybridized carbons (Fsp3) is 0.400. The molecule has 0 spiro atoms. The summed E-state index contributed by atoms with van der Waals surface area (Å²) in [4.78, 5) is 25.6. The molecule has 0 bridgehead atoms. The lowest BCUT2D eigenvalue weighted by molar-refractivity contribution is 0.215. The number of hydrogen-bond donors (Lipinski definition) is 1. The second-order valence-electron chi connectivity index (χ2n) is 13.3. The van der Waals surface area contributed by atoms with Crippen molar-refractivity contribution >= 4 is 17.5 Å². The first-order valence-corrected chi connectivity index (χ1v) is 17.7. The average Bonchev–Trinajstić information content (AvgIpc) is 4.07. The minimum Gasteiger partial charge on any atom is -0.469 e. The molecular weight excluding hydrogens is 706 g/mol. The maximum Gasteiger partial charge on any atom is 0.230 e. The molecule has 8 rings (SSSR count). The molecule has 0 aliphatic heterocycles. The van der Waals surface area contributed by atoms with Gasteiger partial charge in [0.15, 0.2) is 0 Å². The molecule has 0 radical (unpaired) electrons. The van der Waals surface area contributed by atoms with Gasteiger partial charge in [0.2, 0.25) is 46.4 Å². The van der Waals surface area contributed by atoms with E-state index >= 15 is 0 Å². The molecule has 4 aromatic heterocycles. The van der Waals surface area contributed by atoms with Gasteiger partial charge in [-0.1, -0.05) is 73.7 Å². The van der Waals surface area contributed by atoms with E-state index in [-0.39, 0.29) is 38.3 Å². The number of nitrogens with zero attached hydrogens (tertiary/aromatic N) is 8. The minimum absolute atomic E-state index is 0. The van der Waals surface area contributed by atoms with Gasteiger partial charge in [0.05, 0.1) is 0 Å². The predicted molar refractivity (Wildman–Crippen MR) is 207 cm³/mol. The second-order valence-corrected chi connectivity index (χ2v) is 13.7. The third kappa shape index (κ3) is 9.19. The molecule has 2 fully saturated rings. The van der Waals surface area contributed by atoms with Gasteiger partial charge in [-0.2, -0.15) is 19.9 Å². The Kier molecular flexibility index (Phi) is 12.3. The highest BCUT2D eigenvalue weighted by Crippen LogP contribution is 2.40. The van der Waals surface area contributed by atoms with Gasteiger partial charge in [-0.05, 0) is 90.0 Å². The molecule has 2 N–H and O–H groups in total. The van der Waals surface area contributed by atoms with Crippen molar-refractivity contribution < 1.29 is 18.5 Å². The van der Waals surface area contributed by atoms with Gasteiger partial charge in [-0.3, -0.25) is 0 Å². The van der Waals surface area contributed by atoms with Gasteiger partial charge in [0.1, 0.15) is 12.2 Å². The molecule has 0 amide bonds. The Morgan fingerprint density at radius 3 is 1.44 bits per heavy atom. The standard InChI is InChI=1S/C19H19ClN4O2.C19H21N5O2.2CH4/c2*1-10-11(2)21-19(20)23-17(10)25-12(3)13-4-6-14(7-5-13)16-22-18(26-24-16)15-8-9-15;;/h4-7,12,15H,8-9H2,1-3H3;4-7,12,15H,8-9H2,1-3H3,(H2,20,21,23);2*1H4/t2*12-;;/m00../s1. The van der Waals surface area contributed by atoms with Crippen LogP contribution in [0.5, 0.6) is 11.8 Å². The summed E-state index contributed by atoms with van der Waals surface area (Å²) in [6, 6.07) is 15.9. The highest BCUT2D eigenvalue weighted by Gasteiger charge is 2.30. The topological polar surface area (TPSA) is 174 Å². The summed E-state index contributed by atoms with van der Waals surface area (Å²) in [6.07, 6.45) is 4.20. The maximum atomic E-state index is 6.00. The molecule has 0 saturated heterocycles. The van der Waals surface area contributed by atoms with E-state index in [0.29, 0.717) is 35.2 Å². The lowest BCUT2D eigenvalue weighted by Crippen LogP contribution is -2.09. The molecule has 13 nitrogen and oxygen atoms in total. The van der Waals surface area contributed by atoms with E-state index in [1.807, 2.05) is 90.1 Å². The van der Waals surface area contributed by atoms with E-state index in [2.05, 4.69) is 40.2 Å². The van der Waals surface area contributed by atoms with Crippen molar-refractivity contribution in [3.05, 3.63) is 99.2 Å². The van der Waals surface area contributed by atoms with Gasteiger partial charge in [0.25, 0.3) is 0 Å². The number of halogens is 1. The summed E-state index contributed by atoms with van der Waals surface area (Å²) >= 11 is 5.94. The first-order valence-electron chi connectivity index (χ1n) is 17.3. The summed E-state index contributed by atoms with van der Waals surface area (Å²) < 4.78 is 22.6. The Hall–Kier alpha value is -5.43. The molecule has 0 unspecified atom stereocenters. The Morgan fingerprint density at radius 1 is 0.611 bits per heavy atom. The van der Waals surface area contributed by atoms with Crippen molar-refractivity contribution in [1.29, 1.82) is 0 Å². The van der Waals surface area contributed by atoms with Crippen LogP contribution >= 0.6 is 11.6 Å². The van der Waals surface area contributed by atoms with E-state index in [4.69, 9.17) is 35.9 Å². The molecule has 4 heterocycles. The molecular formula is C40H48ClN9O4. The summed E-state index contributed by atoms with van der Waals surface area (Å²) in [7, 11) is 0. The Labute approximate surface area is 321 Å². The number of anilines is 1. The SMILES string of the molecule is C.C.Cc1nc(Cl)nc(O[C@@H](C)c2ccc(-c3noc(C4CC4)n3)cc2)c1C.Cc1nc(N)nc(O[C@@H](C)c2ccc(-c3noc(C4CC4)n3)cc2)c1C. The van der Waals surface area contributed by atoms with Crippen LogP contribution in [-0.2, 0) is 0 Å². The Balaban J connectivity index is 0.000000200. The van der Waals surface area contributed by atoms with Crippen LogP contribution in [0.15, 0.2) is 57.6 Å². The number of nitrogens with two attached hydrogens (primary N) is 1. The van der Waals surface area contributed by atoms with Gasteiger partial charge in [0, 0.05) is 45.5 Å². The number of nitrogen functional groups attached to an aromatic ring is 1. The van der Waals surface area contributed by atoms with E-state index in [1.165, 1.54) is 0 Å². The number of aromatic nitrogens is 8. The van der Waals surface area contributed by atoms with Gasteiger partial charge >= 0.3 is 0 Å². The summed E-state index contributed by atoms with van der Waals surface area (Å²) in [5, 5.41) is 8.33. The molecule has 284 valence electrons. The third-order valence-corrected chi connectivity index (χ3v) is 9.44. The van der Waals surface area contributed by atoms with Crippen LogP contribution in [0, 0.1) is 27.7 Å². The van der Waals surface area contributed by atoms with Crippen molar-refractivity contribution in [2.24, 2.45) is 0 Å². The fourth-order valence-corrected chi connectivity index (χ4v) is 5.60. The number of hydrogen-bond acceptors (Lipinski definition) is 13. The highest BCUT2D eigenvalue weighted by atomic mass is 35.5. The van der Waals surface area contributed by atoms with Gasteiger partial charge < -0.3 is 24.3 Å². The smallest absolute Gasteiger partial charge is 0.230 e. The van der Waals surface area contributed by atoms with Crippen LogP contribution in [0.4, 0.5) is 5.95 Å². The Morgan fingerprint density at radius 2 is 1.02 bits per heavy atom. The number of aryl methyl sites for hydroxylation is 2. The molecule has 2 aliphatic rings. The van der Waals surface area contributed by atoms with Crippen molar-refractivity contribution in [3.63, 3.8) is 0 Å². The van der Waals surface area contributed by atoms with Crippen LogP contribution in [0.2, 0.25) is 5.28 Å². The van der Waals surface area contributed by atoms with Crippen LogP contribution in [-0.4, -0.2) is 40.2 Å². The number of ether oxygens (including phenoxy) is 2. The maximum absolute atomic E-state index is 6.00. The van der Waals surface area contributed by atoms with Crippen LogP contribution in [0.25, 0.3) is 22.8 Å². The first-order chi connectivity index (χ1) is 25.0. The molecule has 2 aromatic carbocycles. The molecule has 2 aliphatic carbocycles. The lowest BCUT2D eigenvalue weighted by Gasteiger charge is -2.17. The molecule has 2 saturated carbocycles. The normalized spacial score (nSPS) is 14.5. The van der Waals surface area contributed by atoms with E-state index < -0.39 is 0 Å². The summed E-state index contributed by atoms with van der Waals surface area (Å²) in [6.45, 7) is 11.6. The van der Waals surface area contributed by atoms with E-state index in [1.54, 1.807) is 0 Å². The van der Waals surface area contributed by atoms with Crippen molar-refractivity contribution in [2.75, 3.05) is 5.73 Å². The van der Waals surface area contributed by atoms with Crippen molar-refractivity contribution in [2.45, 2.75) is 106 Å². The third-order valence-electron chi connectivity index (χ3n) is 9.27. The van der Waals surface area contributed by atoms with E-state index in [0.717, 1.165) is 82.2 Å². The number of rotatable bonds is 10. The van der Waals surface area contributed by atoms with Crippen molar-refractivity contribution in [3.8, 4) is 34.5 Å². The zero-order valence-corrected chi connectivity index (χ0v) is 30.7. The zero-order valence-electron chi connectivity index (χ0n) is 29.9. The Bertz CT molecular complexity index is 2020. The van der Waals surface area contributed by atoms with Crippen LogP contribution < -0.4 is 15.2 Å². The lowest BCUT2D eigenvalue weighted by atomic mass is 10.1. The second kappa shape index (κ2) is 16.7. The average molecular weight is 754 g/mol. The molecule has 54 heavy (non-hydrogen) atoms. The van der Waals surface area contributed by atoms with Crippen LogP contribution in [0.1, 0.15) is 124 Å². The van der Waals surface area contributed by atoms with Crippen molar-refractivity contribution in [1.82, 2.24) is 40.2 Å². The van der Waals surface area contributed by atoms with Gasteiger partial charge in [-0.25, -0.2) is 9.97 Å². The van der Waals surface area contributed by atoms with Gasteiger partial charge in [-0.15, -0.1) is 0 Å². The molecule has 14 heteroatoms. The monoisotopic (exact) mass is 753 g/mol. The zero-order chi connectivity index (χ0) is 36.5. The largest absolute Gasteiger partial charge is 0.469 e. The molecule has 2 atom stereocenters. The molecule has 6 aromatic rings. The summed E-state index contributed by atoms with van der Waals surface area (Å²) in [5.74, 6) is 4.88.